The standard InChI is InChI=1S/C32H36F2N4O5/c1-21-5-6-24(36-31(39)23-16-26-27(35-20-23)7-8-32(26,33)34)19-25(21)22-17-28(38-9-12-40-13-10-38)37-29(18-22)41-14-15-43-30-4-2-3-11-42-30/h5-6,16-20,30H,2-4,7-15H2,1H3,(H,36,39). The lowest BCUT2D eigenvalue weighted by Gasteiger charge is -2.28. The normalized spacial score (nSPS) is 19.6. The molecule has 0 spiro atoms. The number of amides is 1. The van der Waals surface area contributed by atoms with E-state index in [2.05, 4.69) is 15.2 Å². The van der Waals surface area contributed by atoms with Crippen LogP contribution in [0.5, 0.6) is 5.88 Å². The lowest BCUT2D eigenvalue weighted by Crippen LogP contribution is -2.36. The number of alkyl halides is 2. The van der Waals surface area contributed by atoms with Crippen LogP contribution >= 0.6 is 0 Å². The van der Waals surface area contributed by atoms with Crippen LogP contribution in [0, 0.1) is 6.92 Å². The fourth-order valence-electron chi connectivity index (χ4n) is 5.60. The monoisotopic (exact) mass is 594 g/mol. The van der Waals surface area contributed by atoms with Gasteiger partial charge in [0.15, 0.2) is 6.29 Å². The first-order valence-electron chi connectivity index (χ1n) is 14.9. The minimum Gasteiger partial charge on any atom is -0.475 e. The molecule has 2 aliphatic heterocycles. The van der Waals surface area contributed by atoms with Gasteiger partial charge in [0, 0.05) is 55.3 Å². The van der Waals surface area contributed by atoms with Gasteiger partial charge in [0.25, 0.3) is 11.8 Å². The maximum absolute atomic E-state index is 14.3. The molecule has 3 aliphatic rings. The van der Waals surface area contributed by atoms with Gasteiger partial charge in [0.1, 0.15) is 12.4 Å². The molecule has 9 nitrogen and oxygen atoms in total. The number of benzene rings is 1. The van der Waals surface area contributed by atoms with E-state index in [0.717, 1.165) is 48.4 Å². The quantitative estimate of drug-likeness (QED) is 0.325. The topological polar surface area (TPSA) is 95.0 Å². The summed E-state index contributed by atoms with van der Waals surface area (Å²) in [7, 11) is 0. The lowest BCUT2D eigenvalue weighted by molar-refractivity contribution is -0.165. The van der Waals surface area contributed by atoms with Crippen LogP contribution in [0.15, 0.2) is 42.6 Å². The van der Waals surface area contributed by atoms with Crippen LogP contribution in [0.1, 0.15) is 52.9 Å². The van der Waals surface area contributed by atoms with Gasteiger partial charge in [-0.1, -0.05) is 6.07 Å². The maximum atomic E-state index is 14.3. The highest BCUT2D eigenvalue weighted by molar-refractivity contribution is 6.04. The Morgan fingerprint density at radius 3 is 2.79 bits per heavy atom. The van der Waals surface area contributed by atoms with Gasteiger partial charge in [-0.25, -0.2) is 8.78 Å². The van der Waals surface area contributed by atoms with E-state index in [1.54, 1.807) is 6.07 Å². The highest BCUT2D eigenvalue weighted by atomic mass is 19.3. The molecule has 1 amide bonds. The average Bonchev–Trinajstić information content (AvgIpc) is 3.34. The van der Waals surface area contributed by atoms with Crippen molar-refractivity contribution in [2.24, 2.45) is 0 Å². The number of halogens is 2. The maximum Gasteiger partial charge on any atom is 0.275 e. The Morgan fingerprint density at radius 1 is 1.12 bits per heavy atom. The van der Waals surface area contributed by atoms with E-state index in [0.29, 0.717) is 56.8 Å². The largest absolute Gasteiger partial charge is 0.475 e. The third kappa shape index (κ3) is 6.95. The Bertz CT molecular complexity index is 1460. The number of morpholine rings is 1. The third-order valence-electron chi connectivity index (χ3n) is 8.01. The van der Waals surface area contributed by atoms with Gasteiger partial charge in [-0.05, 0) is 73.6 Å². The van der Waals surface area contributed by atoms with E-state index in [1.165, 1.54) is 12.3 Å². The number of aryl methyl sites for hydroxylation is 2. The van der Waals surface area contributed by atoms with E-state index < -0.39 is 11.8 Å². The molecule has 1 N–H and O–H groups in total. The average molecular weight is 595 g/mol. The Balaban J connectivity index is 1.21. The van der Waals surface area contributed by atoms with Crippen LogP contribution in [0.3, 0.4) is 0 Å². The summed E-state index contributed by atoms with van der Waals surface area (Å²) in [5.74, 6) is -2.23. The van der Waals surface area contributed by atoms with E-state index in [9.17, 15) is 13.6 Å². The second-order valence-corrected chi connectivity index (χ2v) is 11.1. The molecule has 228 valence electrons. The summed E-state index contributed by atoms with van der Waals surface area (Å²) >= 11 is 0. The fourth-order valence-corrected chi connectivity index (χ4v) is 5.60. The van der Waals surface area contributed by atoms with Crippen molar-refractivity contribution < 1.29 is 32.5 Å². The molecule has 2 fully saturated rings. The molecule has 0 radical (unpaired) electrons. The van der Waals surface area contributed by atoms with Crippen molar-refractivity contribution in [3.63, 3.8) is 0 Å². The first-order valence-corrected chi connectivity index (χ1v) is 14.9. The number of anilines is 2. The van der Waals surface area contributed by atoms with Crippen molar-refractivity contribution in [3.8, 4) is 17.0 Å². The van der Waals surface area contributed by atoms with Crippen molar-refractivity contribution in [2.75, 3.05) is 56.3 Å². The van der Waals surface area contributed by atoms with Crippen LogP contribution in [-0.2, 0) is 26.6 Å². The first-order chi connectivity index (χ1) is 20.9. The number of rotatable bonds is 9. The molecule has 0 bridgehead atoms. The summed E-state index contributed by atoms with van der Waals surface area (Å²) in [6, 6.07) is 10.7. The van der Waals surface area contributed by atoms with Gasteiger partial charge in [0.05, 0.1) is 25.4 Å². The first kappa shape index (κ1) is 29.4. The number of hydrogen-bond acceptors (Lipinski definition) is 8. The van der Waals surface area contributed by atoms with Crippen molar-refractivity contribution in [1.29, 1.82) is 0 Å². The number of nitrogens with zero attached hydrogens (tertiary/aromatic N) is 3. The molecule has 1 aromatic carbocycles. The summed E-state index contributed by atoms with van der Waals surface area (Å²) in [5.41, 5.74) is 3.55. The van der Waals surface area contributed by atoms with Gasteiger partial charge in [-0.2, -0.15) is 4.98 Å². The van der Waals surface area contributed by atoms with E-state index >= 15 is 0 Å². The fraction of sp³-hybridized carbons (Fsp3) is 0.469. The molecular weight excluding hydrogens is 558 g/mol. The predicted octanol–water partition coefficient (Wildman–Crippen LogP) is 5.50. The lowest BCUT2D eigenvalue weighted by atomic mass is 10.00. The highest BCUT2D eigenvalue weighted by Crippen LogP contribution is 2.41. The predicted molar refractivity (Wildman–Crippen MR) is 157 cm³/mol. The van der Waals surface area contributed by atoms with Gasteiger partial charge < -0.3 is 29.2 Å². The molecule has 1 aliphatic carbocycles. The summed E-state index contributed by atoms with van der Waals surface area (Å²) in [6.07, 6.45) is 4.13. The molecule has 2 saturated heterocycles. The Morgan fingerprint density at radius 2 is 1.98 bits per heavy atom. The van der Waals surface area contributed by atoms with Gasteiger partial charge >= 0.3 is 0 Å². The number of ether oxygens (including phenoxy) is 4. The van der Waals surface area contributed by atoms with Crippen LogP contribution in [0.2, 0.25) is 0 Å². The molecule has 1 atom stereocenters. The SMILES string of the molecule is Cc1ccc(NC(=O)c2cnc3c(c2)C(F)(F)CC3)cc1-c1cc(OCCOC2CCCCO2)nc(N2CCOCC2)c1. The minimum absolute atomic E-state index is 0.0949. The van der Waals surface area contributed by atoms with E-state index in [-0.39, 0.29) is 30.3 Å². The van der Waals surface area contributed by atoms with Crippen molar-refractivity contribution >= 4 is 17.4 Å². The van der Waals surface area contributed by atoms with Gasteiger partial charge in [0.2, 0.25) is 5.88 Å². The molecular formula is C32H36F2N4O5. The number of nitrogens with one attached hydrogen (secondary N) is 1. The number of carbonyl (C=O) groups excluding carboxylic acids is 1. The summed E-state index contributed by atoms with van der Waals surface area (Å²) in [5, 5.41) is 2.85. The number of carbonyl (C=O) groups is 1. The third-order valence-corrected chi connectivity index (χ3v) is 8.01. The molecule has 2 aromatic heterocycles. The zero-order chi connectivity index (χ0) is 29.8. The Labute approximate surface area is 249 Å². The van der Waals surface area contributed by atoms with Crippen LogP contribution in [-0.4, -0.2) is 68.3 Å². The van der Waals surface area contributed by atoms with Crippen LogP contribution in [0.4, 0.5) is 20.3 Å². The van der Waals surface area contributed by atoms with Gasteiger partial charge in [-0.3, -0.25) is 9.78 Å². The number of aromatic nitrogens is 2. The molecule has 6 rings (SSSR count). The molecule has 4 heterocycles. The molecule has 43 heavy (non-hydrogen) atoms. The summed E-state index contributed by atoms with van der Waals surface area (Å²) in [6.45, 7) is 6.05. The number of fused-ring (bicyclic) bond motifs is 1. The second-order valence-electron chi connectivity index (χ2n) is 11.1. The van der Waals surface area contributed by atoms with E-state index in [4.69, 9.17) is 23.9 Å². The zero-order valence-electron chi connectivity index (χ0n) is 24.2. The van der Waals surface area contributed by atoms with Gasteiger partial charge in [-0.15, -0.1) is 0 Å². The molecule has 3 aromatic rings. The molecule has 11 heteroatoms. The Hall–Kier alpha value is -3.67. The Kier molecular flexibility index (Phi) is 8.83. The summed E-state index contributed by atoms with van der Waals surface area (Å²) < 4.78 is 51.6. The molecule has 0 saturated carbocycles. The van der Waals surface area contributed by atoms with E-state index in [1.807, 2.05) is 31.2 Å². The number of pyridine rings is 2. The van der Waals surface area contributed by atoms with Crippen molar-refractivity contribution in [1.82, 2.24) is 9.97 Å². The molecule has 1 unspecified atom stereocenters. The second kappa shape index (κ2) is 12.9. The zero-order valence-corrected chi connectivity index (χ0v) is 24.2. The van der Waals surface area contributed by atoms with Crippen molar-refractivity contribution in [2.45, 2.75) is 51.2 Å². The summed E-state index contributed by atoms with van der Waals surface area (Å²) in [4.78, 5) is 24.1. The smallest absolute Gasteiger partial charge is 0.275 e. The van der Waals surface area contributed by atoms with Crippen LogP contribution < -0.4 is 15.0 Å². The van der Waals surface area contributed by atoms with Crippen LogP contribution in [0.25, 0.3) is 11.1 Å². The van der Waals surface area contributed by atoms with Crippen molar-refractivity contribution in [3.05, 3.63) is 65.0 Å². The highest BCUT2D eigenvalue weighted by Gasteiger charge is 2.40. The number of hydrogen-bond donors (Lipinski definition) is 1. The minimum atomic E-state index is -2.97.